The standard InChI is InChI=1S/C15H16FNO2S/c16-15-7-13(9-17)6-14(8-15)11-20(18,19)10-12-4-2-1-3-5-12/h1-8H,9-11,17H2. The van der Waals surface area contributed by atoms with Gasteiger partial charge < -0.3 is 5.73 Å². The Kier molecular flexibility index (Phi) is 4.52. The van der Waals surface area contributed by atoms with E-state index in [1.807, 2.05) is 6.07 Å². The number of hydrogen-bond acceptors (Lipinski definition) is 3. The minimum Gasteiger partial charge on any atom is -0.326 e. The van der Waals surface area contributed by atoms with E-state index in [9.17, 15) is 12.8 Å². The quantitative estimate of drug-likeness (QED) is 0.921. The smallest absolute Gasteiger partial charge is 0.158 e. The molecule has 0 aliphatic carbocycles. The predicted octanol–water partition coefficient (Wildman–Crippen LogP) is 2.40. The van der Waals surface area contributed by atoms with Gasteiger partial charge in [-0.25, -0.2) is 12.8 Å². The second-order valence-electron chi connectivity index (χ2n) is 4.69. The Bertz CT molecular complexity index is 684. The van der Waals surface area contributed by atoms with Gasteiger partial charge in [0, 0.05) is 6.54 Å². The molecular formula is C15H16FNO2S. The van der Waals surface area contributed by atoms with Crippen molar-refractivity contribution in [2.75, 3.05) is 0 Å². The van der Waals surface area contributed by atoms with Crippen molar-refractivity contribution in [2.45, 2.75) is 18.1 Å². The number of hydrogen-bond donors (Lipinski definition) is 1. The summed E-state index contributed by atoms with van der Waals surface area (Å²) in [6.07, 6.45) is 0. The van der Waals surface area contributed by atoms with Gasteiger partial charge in [-0.1, -0.05) is 36.4 Å². The fourth-order valence-electron chi connectivity index (χ4n) is 2.05. The third-order valence-electron chi connectivity index (χ3n) is 2.87. The molecule has 5 heteroatoms. The van der Waals surface area contributed by atoms with Gasteiger partial charge in [-0.3, -0.25) is 0 Å². The molecule has 0 aliphatic heterocycles. The van der Waals surface area contributed by atoms with Crippen molar-refractivity contribution < 1.29 is 12.8 Å². The average molecular weight is 293 g/mol. The fraction of sp³-hybridized carbons (Fsp3) is 0.200. The normalized spacial score (nSPS) is 11.5. The Labute approximate surface area is 118 Å². The van der Waals surface area contributed by atoms with Crippen LogP contribution in [0.5, 0.6) is 0 Å². The molecule has 0 aliphatic rings. The molecule has 106 valence electrons. The van der Waals surface area contributed by atoms with Crippen LogP contribution in [0.1, 0.15) is 16.7 Å². The van der Waals surface area contributed by atoms with Crippen molar-refractivity contribution in [2.24, 2.45) is 5.73 Å². The first-order valence-corrected chi connectivity index (χ1v) is 8.03. The fourth-order valence-corrected chi connectivity index (χ4v) is 3.53. The van der Waals surface area contributed by atoms with E-state index in [1.54, 1.807) is 30.3 Å². The maximum atomic E-state index is 13.4. The zero-order valence-corrected chi connectivity index (χ0v) is 11.7. The van der Waals surface area contributed by atoms with E-state index in [0.29, 0.717) is 11.1 Å². The van der Waals surface area contributed by atoms with E-state index in [1.165, 1.54) is 12.1 Å². The summed E-state index contributed by atoms with van der Waals surface area (Å²) >= 11 is 0. The van der Waals surface area contributed by atoms with Crippen molar-refractivity contribution in [3.8, 4) is 0 Å². The molecule has 0 fully saturated rings. The highest BCUT2D eigenvalue weighted by atomic mass is 32.2. The van der Waals surface area contributed by atoms with Gasteiger partial charge >= 0.3 is 0 Å². The lowest BCUT2D eigenvalue weighted by molar-refractivity contribution is 0.593. The van der Waals surface area contributed by atoms with Crippen LogP contribution in [0.15, 0.2) is 48.5 Å². The van der Waals surface area contributed by atoms with E-state index >= 15 is 0 Å². The molecule has 2 N–H and O–H groups in total. The van der Waals surface area contributed by atoms with Crippen LogP contribution in [0.25, 0.3) is 0 Å². The highest BCUT2D eigenvalue weighted by molar-refractivity contribution is 7.89. The Hall–Kier alpha value is -1.72. The van der Waals surface area contributed by atoms with E-state index in [2.05, 4.69) is 0 Å². The first-order valence-electron chi connectivity index (χ1n) is 6.21. The lowest BCUT2D eigenvalue weighted by atomic mass is 10.1. The van der Waals surface area contributed by atoms with Gasteiger partial charge in [0.05, 0.1) is 11.5 Å². The molecule has 0 atom stereocenters. The number of halogens is 1. The van der Waals surface area contributed by atoms with E-state index in [4.69, 9.17) is 5.73 Å². The zero-order valence-electron chi connectivity index (χ0n) is 10.9. The lowest BCUT2D eigenvalue weighted by Gasteiger charge is -2.07. The minimum atomic E-state index is -3.34. The maximum absolute atomic E-state index is 13.4. The van der Waals surface area contributed by atoms with Crippen LogP contribution in [0, 0.1) is 5.82 Å². The van der Waals surface area contributed by atoms with Crippen LogP contribution >= 0.6 is 0 Å². The second-order valence-corrected chi connectivity index (χ2v) is 6.75. The van der Waals surface area contributed by atoms with Crippen molar-refractivity contribution in [1.82, 2.24) is 0 Å². The Morgan fingerprint density at radius 1 is 0.900 bits per heavy atom. The maximum Gasteiger partial charge on any atom is 0.158 e. The summed E-state index contributed by atoms with van der Waals surface area (Å²) in [5.74, 6) is -0.701. The molecule has 3 nitrogen and oxygen atoms in total. The molecule has 0 unspecified atom stereocenters. The van der Waals surface area contributed by atoms with Crippen LogP contribution in [0.3, 0.4) is 0 Å². The van der Waals surface area contributed by atoms with Crippen LogP contribution in [0.4, 0.5) is 4.39 Å². The molecule has 0 spiro atoms. The van der Waals surface area contributed by atoms with Gasteiger partial charge in [0.15, 0.2) is 9.84 Å². The van der Waals surface area contributed by atoms with E-state index in [-0.39, 0.29) is 18.1 Å². The third kappa shape index (κ3) is 4.15. The summed E-state index contributed by atoms with van der Waals surface area (Å²) in [5, 5.41) is 0. The molecule has 2 aromatic carbocycles. The van der Waals surface area contributed by atoms with E-state index in [0.717, 1.165) is 5.56 Å². The van der Waals surface area contributed by atoms with Gasteiger partial charge in [-0.05, 0) is 28.8 Å². The van der Waals surface area contributed by atoms with E-state index < -0.39 is 15.7 Å². The Balaban J connectivity index is 2.18. The summed E-state index contributed by atoms with van der Waals surface area (Å²) < 4.78 is 37.6. The van der Waals surface area contributed by atoms with Crippen molar-refractivity contribution >= 4 is 9.84 Å². The Morgan fingerprint density at radius 2 is 1.50 bits per heavy atom. The summed E-state index contributed by atoms with van der Waals surface area (Å²) in [6, 6.07) is 13.1. The van der Waals surface area contributed by atoms with Gasteiger partial charge in [-0.2, -0.15) is 0 Å². The van der Waals surface area contributed by atoms with Crippen LogP contribution in [-0.2, 0) is 27.9 Å². The van der Waals surface area contributed by atoms with Crippen molar-refractivity contribution in [3.05, 3.63) is 71.0 Å². The summed E-state index contributed by atoms with van der Waals surface area (Å²) in [4.78, 5) is 0. The SMILES string of the molecule is NCc1cc(F)cc(CS(=O)(=O)Cc2ccccc2)c1. The number of benzene rings is 2. The average Bonchev–Trinajstić information content (AvgIpc) is 2.37. The first kappa shape index (κ1) is 14.7. The monoisotopic (exact) mass is 293 g/mol. The summed E-state index contributed by atoms with van der Waals surface area (Å²) in [6.45, 7) is 0.184. The second kappa shape index (κ2) is 6.15. The third-order valence-corrected chi connectivity index (χ3v) is 4.42. The topological polar surface area (TPSA) is 60.2 Å². The van der Waals surface area contributed by atoms with Crippen LogP contribution in [0.2, 0.25) is 0 Å². The van der Waals surface area contributed by atoms with Gasteiger partial charge in [0.25, 0.3) is 0 Å². The molecule has 0 heterocycles. The lowest BCUT2D eigenvalue weighted by Crippen LogP contribution is -2.08. The molecule has 0 amide bonds. The van der Waals surface area contributed by atoms with Crippen molar-refractivity contribution in [3.63, 3.8) is 0 Å². The predicted molar refractivity (Wildman–Crippen MR) is 77.1 cm³/mol. The van der Waals surface area contributed by atoms with Gasteiger partial charge in [-0.15, -0.1) is 0 Å². The highest BCUT2D eigenvalue weighted by Crippen LogP contribution is 2.15. The van der Waals surface area contributed by atoms with Crippen LogP contribution < -0.4 is 5.73 Å². The zero-order chi connectivity index (χ0) is 14.6. The highest BCUT2D eigenvalue weighted by Gasteiger charge is 2.14. The first-order chi connectivity index (χ1) is 9.48. The molecular weight excluding hydrogens is 277 g/mol. The number of nitrogens with two attached hydrogens (primary N) is 1. The number of rotatable bonds is 5. The molecule has 0 saturated heterocycles. The molecule has 20 heavy (non-hydrogen) atoms. The summed E-state index contributed by atoms with van der Waals surface area (Å²) in [5.41, 5.74) is 7.21. The van der Waals surface area contributed by atoms with Crippen LogP contribution in [-0.4, -0.2) is 8.42 Å². The molecule has 0 saturated carbocycles. The molecule has 0 bridgehead atoms. The minimum absolute atomic E-state index is 0.0533. The molecule has 0 radical (unpaired) electrons. The van der Waals surface area contributed by atoms with Crippen molar-refractivity contribution in [1.29, 1.82) is 0 Å². The molecule has 2 rings (SSSR count). The summed E-state index contributed by atoms with van der Waals surface area (Å²) in [7, 11) is -3.34. The molecule has 2 aromatic rings. The van der Waals surface area contributed by atoms with Gasteiger partial charge in [0.2, 0.25) is 0 Å². The molecule has 0 aromatic heterocycles. The van der Waals surface area contributed by atoms with Gasteiger partial charge in [0.1, 0.15) is 5.82 Å². The Morgan fingerprint density at radius 3 is 2.15 bits per heavy atom. The largest absolute Gasteiger partial charge is 0.326 e. The number of sulfone groups is 1.